The minimum absolute atomic E-state index is 0.0574. The van der Waals surface area contributed by atoms with Gasteiger partial charge in [-0.2, -0.15) is 0 Å². The highest BCUT2D eigenvalue weighted by atomic mass is 16.1. The molecule has 3 rings (SSSR count). The Morgan fingerprint density at radius 3 is 2.45 bits per heavy atom. The summed E-state index contributed by atoms with van der Waals surface area (Å²) in [6.45, 7) is 1.93. The van der Waals surface area contributed by atoms with Crippen molar-refractivity contribution in [1.29, 1.82) is 0 Å². The van der Waals surface area contributed by atoms with Gasteiger partial charge in [-0.05, 0) is 43.0 Å². The molecule has 3 N–H and O–H groups in total. The fourth-order valence-electron chi connectivity index (χ4n) is 2.44. The standard InChI is InChI=1S/C17H18N2O/c1-12-7-8-13(11-15(12)18)16(20)19-17(9-10-17)14-5-3-2-4-6-14/h2-8,11H,9-10,18H2,1H3,(H,19,20). The molecule has 1 amide bonds. The molecular weight excluding hydrogens is 248 g/mol. The van der Waals surface area contributed by atoms with Crippen LogP contribution >= 0.6 is 0 Å². The second kappa shape index (κ2) is 4.67. The molecule has 0 atom stereocenters. The molecule has 0 radical (unpaired) electrons. The predicted molar refractivity (Wildman–Crippen MR) is 80.4 cm³/mol. The number of hydrogen-bond donors (Lipinski definition) is 2. The van der Waals surface area contributed by atoms with Gasteiger partial charge in [0.1, 0.15) is 0 Å². The molecule has 2 aromatic carbocycles. The molecule has 0 heterocycles. The summed E-state index contributed by atoms with van der Waals surface area (Å²) in [5.74, 6) is -0.0574. The molecule has 3 heteroatoms. The van der Waals surface area contributed by atoms with Gasteiger partial charge in [0.05, 0.1) is 5.54 Å². The lowest BCUT2D eigenvalue weighted by molar-refractivity contribution is 0.0931. The molecule has 1 fully saturated rings. The van der Waals surface area contributed by atoms with E-state index in [0.717, 1.165) is 18.4 Å². The van der Waals surface area contributed by atoms with Crippen molar-refractivity contribution in [3.05, 3.63) is 65.2 Å². The minimum Gasteiger partial charge on any atom is -0.398 e. The molecule has 1 saturated carbocycles. The number of nitrogens with two attached hydrogens (primary N) is 1. The number of rotatable bonds is 3. The Morgan fingerprint density at radius 2 is 1.85 bits per heavy atom. The Hall–Kier alpha value is -2.29. The lowest BCUT2D eigenvalue weighted by atomic mass is 10.0. The smallest absolute Gasteiger partial charge is 0.252 e. The normalized spacial score (nSPS) is 15.7. The van der Waals surface area contributed by atoms with Gasteiger partial charge in [-0.15, -0.1) is 0 Å². The van der Waals surface area contributed by atoms with Gasteiger partial charge < -0.3 is 11.1 Å². The zero-order chi connectivity index (χ0) is 14.2. The van der Waals surface area contributed by atoms with E-state index in [9.17, 15) is 4.79 Å². The van der Waals surface area contributed by atoms with Gasteiger partial charge in [0.25, 0.3) is 5.91 Å². The van der Waals surface area contributed by atoms with E-state index in [0.29, 0.717) is 11.3 Å². The molecule has 102 valence electrons. The number of benzene rings is 2. The first-order valence-electron chi connectivity index (χ1n) is 6.85. The number of aryl methyl sites for hydroxylation is 1. The van der Waals surface area contributed by atoms with Gasteiger partial charge in [0.15, 0.2) is 0 Å². The second-order valence-corrected chi connectivity index (χ2v) is 5.47. The highest BCUT2D eigenvalue weighted by Gasteiger charge is 2.45. The summed E-state index contributed by atoms with van der Waals surface area (Å²) < 4.78 is 0. The summed E-state index contributed by atoms with van der Waals surface area (Å²) in [6.07, 6.45) is 1.98. The van der Waals surface area contributed by atoms with Crippen LogP contribution in [0.2, 0.25) is 0 Å². The van der Waals surface area contributed by atoms with Crippen LogP contribution in [-0.2, 0) is 5.54 Å². The summed E-state index contributed by atoms with van der Waals surface area (Å²) in [5, 5.41) is 3.15. The third-order valence-electron chi connectivity index (χ3n) is 3.97. The lowest BCUT2D eigenvalue weighted by Gasteiger charge is -2.18. The van der Waals surface area contributed by atoms with E-state index < -0.39 is 0 Å². The fourth-order valence-corrected chi connectivity index (χ4v) is 2.44. The largest absolute Gasteiger partial charge is 0.398 e. The van der Waals surface area contributed by atoms with E-state index in [-0.39, 0.29) is 11.4 Å². The Morgan fingerprint density at radius 1 is 1.15 bits per heavy atom. The van der Waals surface area contributed by atoms with E-state index >= 15 is 0 Å². The van der Waals surface area contributed by atoms with Crippen molar-refractivity contribution < 1.29 is 4.79 Å². The van der Waals surface area contributed by atoms with Crippen LogP contribution in [0.4, 0.5) is 5.69 Å². The predicted octanol–water partition coefficient (Wildman–Crippen LogP) is 3.00. The molecule has 0 bridgehead atoms. The quantitative estimate of drug-likeness (QED) is 0.839. The molecule has 0 spiro atoms. The average Bonchev–Trinajstić information content (AvgIpc) is 3.23. The SMILES string of the molecule is Cc1ccc(C(=O)NC2(c3ccccc3)CC2)cc1N. The van der Waals surface area contributed by atoms with Crippen LogP contribution in [0.3, 0.4) is 0 Å². The van der Waals surface area contributed by atoms with Crippen molar-refractivity contribution in [3.8, 4) is 0 Å². The maximum absolute atomic E-state index is 12.4. The van der Waals surface area contributed by atoms with E-state index in [2.05, 4.69) is 17.4 Å². The second-order valence-electron chi connectivity index (χ2n) is 5.47. The molecule has 0 aliphatic heterocycles. The summed E-state index contributed by atoms with van der Waals surface area (Å²) in [5.41, 5.74) is 9.13. The van der Waals surface area contributed by atoms with Crippen molar-refractivity contribution in [2.45, 2.75) is 25.3 Å². The van der Waals surface area contributed by atoms with Crippen molar-refractivity contribution in [2.24, 2.45) is 0 Å². The molecule has 20 heavy (non-hydrogen) atoms. The molecule has 3 nitrogen and oxygen atoms in total. The van der Waals surface area contributed by atoms with Gasteiger partial charge in [0, 0.05) is 11.3 Å². The van der Waals surface area contributed by atoms with Crippen molar-refractivity contribution in [3.63, 3.8) is 0 Å². The maximum Gasteiger partial charge on any atom is 0.252 e. The first kappa shape index (κ1) is 12.7. The molecule has 0 saturated heterocycles. The third kappa shape index (κ3) is 2.27. The zero-order valence-corrected chi connectivity index (χ0v) is 11.5. The molecule has 1 aliphatic rings. The third-order valence-corrected chi connectivity index (χ3v) is 3.97. The number of nitrogen functional groups attached to an aromatic ring is 1. The van der Waals surface area contributed by atoms with E-state index in [4.69, 9.17) is 5.73 Å². The molecule has 0 unspecified atom stereocenters. The Balaban J connectivity index is 1.81. The van der Waals surface area contributed by atoms with Crippen LogP contribution in [0, 0.1) is 6.92 Å². The van der Waals surface area contributed by atoms with Crippen LogP contribution in [0.25, 0.3) is 0 Å². The minimum atomic E-state index is -0.183. The van der Waals surface area contributed by atoms with Gasteiger partial charge in [-0.3, -0.25) is 4.79 Å². The number of anilines is 1. The molecule has 0 aromatic heterocycles. The molecule has 2 aromatic rings. The fraction of sp³-hybridized carbons (Fsp3) is 0.235. The summed E-state index contributed by atoms with van der Waals surface area (Å²) in [4.78, 5) is 12.4. The monoisotopic (exact) mass is 266 g/mol. The molecule has 1 aliphatic carbocycles. The van der Waals surface area contributed by atoms with Crippen LogP contribution in [0.5, 0.6) is 0 Å². The first-order valence-corrected chi connectivity index (χ1v) is 6.85. The highest BCUT2D eigenvalue weighted by Crippen LogP contribution is 2.45. The first-order chi connectivity index (χ1) is 9.61. The number of nitrogens with one attached hydrogen (secondary N) is 1. The summed E-state index contributed by atoms with van der Waals surface area (Å²) in [7, 11) is 0. The number of amides is 1. The number of carbonyl (C=O) groups is 1. The van der Waals surface area contributed by atoms with Crippen molar-refractivity contribution in [1.82, 2.24) is 5.32 Å². The van der Waals surface area contributed by atoms with Gasteiger partial charge in [0.2, 0.25) is 0 Å². The Kier molecular flexibility index (Phi) is 2.97. The lowest BCUT2D eigenvalue weighted by Crippen LogP contribution is -2.34. The van der Waals surface area contributed by atoms with Gasteiger partial charge in [-0.25, -0.2) is 0 Å². The number of hydrogen-bond acceptors (Lipinski definition) is 2. The summed E-state index contributed by atoms with van der Waals surface area (Å²) in [6, 6.07) is 15.6. The van der Waals surface area contributed by atoms with E-state index in [1.807, 2.05) is 37.3 Å². The zero-order valence-electron chi connectivity index (χ0n) is 11.5. The average molecular weight is 266 g/mol. The van der Waals surface area contributed by atoms with Crippen LogP contribution in [0.1, 0.15) is 34.3 Å². The van der Waals surface area contributed by atoms with Gasteiger partial charge >= 0.3 is 0 Å². The van der Waals surface area contributed by atoms with Crippen molar-refractivity contribution >= 4 is 11.6 Å². The van der Waals surface area contributed by atoms with Crippen molar-refractivity contribution in [2.75, 3.05) is 5.73 Å². The van der Waals surface area contributed by atoms with Crippen LogP contribution in [0.15, 0.2) is 48.5 Å². The van der Waals surface area contributed by atoms with Crippen LogP contribution in [-0.4, -0.2) is 5.91 Å². The van der Waals surface area contributed by atoms with Crippen LogP contribution < -0.4 is 11.1 Å². The number of carbonyl (C=O) groups excluding carboxylic acids is 1. The molecular formula is C17H18N2O. The van der Waals surface area contributed by atoms with Gasteiger partial charge in [-0.1, -0.05) is 36.4 Å². The van der Waals surface area contributed by atoms with E-state index in [1.165, 1.54) is 5.56 Å². The van der Waals surface area contributed by atoms with E-state index in [1.54, 1.807) is 6.07 Å². The summed E-state index contributed by atoms with van der Waals surface area (Å²) >= 11 is 0. The Labute approximate surface area is 118 Å². The topological polar surface area (TPSA) is 55.1 Å². The highest BCUT2D eigenvalue weighted by molar-refractivity contribution is 5.96. The maximum atomic E-state index is 12.4. The Bertz CT molecular complexity index is 645.